The van der Waals surface area contributed by atoms with E-state index in [0.717, 1.165) is 5.57 Å². The van der Waals surface area contributed by atoms with Gasteiger partial charge in [0.2, 0.25) is 6.79 Å². The van der Waals surface area contributed by atoms with Crippen molar-refractivity contribution in [3.63, 3.8) is 0 Å². The number of hydrogen-bond donors (Lipinski definition) is 1. The van der Waals surface area contributed by atoms with Crippen molar-refractivity contribution < 1.29 is 14.5 Å². The fourth-order valence-corrected chi connectivity index (χ4v) is 0.958. The van der Waals surface area contributed by atoms with E-state index in [9.17, 15) is 5.21 Å². The number of hydroxylamine groups is 2. The van der Waals surface area contributed by atoms with Gasteiger partial charge in [0.15, 0.2) is 5.76 Å². The molecule has 0 radical (unpaired) electrons. The number of hydrogen-bond acceptors (Lipinski definition) is 3. The summed E-state index contributed by atoms with van der Waals surface area (Å²) < 4.78 is 9.94. The Kier molecular flexibility index (Phi) is 1.41. The molecule has 2 aliphatic heterocycles. The molecule has 0 aromatic rings. The third-order valence-corrected chi connectivity index (χ3v) is 1.48. The van der Waals surface area contributed by atoms with Gasteiger partial charge in [-0.25, -0.2) is 0 Å². The summed E-state index contributed by atoms with van der Waals surface area (Å²) >= 11 is 0. The predicted molar refractivity (Wildman–Crippen MR) is 36.7 cm³/mol. The van der Waals surface area contributed by atoms with Crippen molar-refractivity contribution in [2.45, 2.75) is 0 Å². The fraction of sp³-hybridized carbons (Fsp3) is 0.143. The summed E-state index contributed by atoms with van der Waals surface area (Å²) in [5, 5.41) is 10.8. The lowest BCUT2D eigenvalue weighted by molar-refractivity contribution is -0.732. The lowest BCUT2D eigenvalue weighted by atomic mass is 10.2. The van der Waals surface area contributed by atoms with Gasteiger partial charge in [-0.1, -0.05) is 0 Å². The van der Waals surface area contributed by atoms with Crippen molar-refractivity contribution in [1.82, 2.24) is 0 Å². The van der Waals surface area contributed by atoms with E-state index < -0.39 is 0 Å². The molecule has 4 heteroatoms. The maximum Gasteiger partial charge on any atom is 0.230 e. The summed E-state index contributed by atoms with van der Waals surface area (Å²) in [6, 6.07) is 0. The lowest BCUT2D eigenvalue weighted by Crippen LogP contribution is -2.97. The van der Waals surface area contributed by atoms with Crippen molar-refractivity contribution in [3.8, 4) is 0 Å². The molecule has 0 aromatic carbocycles. The molecule has 1 atom stereocenters. The second-order valence-electron chi connectivity index (χ2n) is 2.25. The Morgan fingerprint density at radius 2 is 2.45 bits per heavy atom. The Hall–Kier alpha value is -1.26. The van der Waals surface area contributed by atoms with Crippen molar-refractivity contribution in [2.75, 3.05) is 6.79 Å². The summed E-state index contributed by atoms with van der Waals surface area (Å²) in [4.78, 5) is 0. The minimum atomic E-state index is -0.0425. The number of rotatable bonds is 0. The van der Waals surface area contributed by atoms with Crippen LogP contribution in [-0.4, -0.2) is 6.79 Å². The summed E-state index contributed by atoms with van der Waals surface area (Å²) in [5.74, 6) is 0.601. The van der Waals surface area contributed by atoms with Gasteiger partial charge in [0.05, 0.1) is 18.0 Å². The van der Waals surface area contributed by atoms with E-state index in [1.807, 2.05) is 0 Å². The fourth-order valence-electron chi connectivity index (χ4n) is 0.958. The quantitative estimate of drug-likeness (QED) is 0.483. The smallest absolute Gasteiger partial charge is 0.230 e. The van der Waals surface area contributed by atoms with Crippen LogP contribution in [0.3, 0.4) is 0 Å². The molecule has 0 saturated heterocycles. The van der Waals surface area contributed by atoms with E-state index in [2.05, 4.69) is 0 Å². The normalized spacial score (nSPS) is 27.5. The number of fused-ring (bicyclic) bond motifs is 1. The van der Waals surface area contributed by atoms with Crippen LogP contribution in [0.2, 0.25) is 0 Å². The first-order chi connectivity index (χ1) is 5.36. The molecule has 0 bridgehead atoms. The van der Waals surface area contributed by atoms with Gasteiger partial charge >= 0.3 is 0 Å². The minimum absolute atomic E-state index is 0.0425. The van der Waals surface area contributed by atoms with Crippen molar-refractivity contribution in [3.05, 3.63) is 41.3 Å². The molecule has 2 aliphatic rings. The first-order valence-electron chi connectivity index (χ1n) is 3.25. The van der Waals surface area contributed by atoms with Crippen molar-refractivity contribution >= 4 is 0 Å². The topological polar surface area (TPSA) is 46.0 Å². The van der Waals surface area contributed by atoms with E-state index in [4.69, 9.17) is 9.47 Å². The van der Waals surface area contributed by atoms with E-state index in [1.54, 1.807) is 12.3 Å². The van der Waals surface area contributed by atoms with Gasteiger partial charge in [0.1, 0.15) is 6.20 Å². The van der Waals surface area contributed by atoms with Crippen LogP contribution < -0.4 is 5.06 Å². The molecular formula is C7H7NO3. The van der Waals surface area contributed by atoms with Crippen LogP contribution in [-0.2, 0) is 9.47 Å². The van der Waals surface area contributed by atoms with E-state index in [-0.39, 0.29) is 11.9 Å². The standard InChI is InChI=1S/C7H7NO3/c9-8-2-1-6-4-10-5-11-7(6)3-8/h1-4,8H,5H2. The van der Waals surface area contributed by atoms with Gasteiger partial charge in [-0.3, -0.25) is 0 Å². The van der Waals surface area contributed by atoms with Crippen LogP contribution in [0.25, 0.3) is 0 Å². The average molecular weight is 153 g/mol. The summed E-state index contributed by atoms with van der Waals surface area (Å²) in [6.45, 7) is 0.191. The molecule has 11 heavy (non-hydrogen) atoms. The Morgan fingerprint density at radius 1 is 1.55 bits per heavy atom. The monoisotopic (exact) mass is 153 g/mol. The molecule has 0 amide bonds. The zero-order chi connectivity index (χ0) is 7.68. The molecule has 4 nitrogen and oxygen atoms in total. The van der Waals surface area contributed by atoms with Crippen LogP contribution in [0.1, 0.15) is 0 Å². The lowest BCUT2D eigenvalue weighted by Gasteiger charge is -2.22. The van der Waals surface area contributed by atoms with Gasteiger partial charge < -0.3 is 19.7 Å². The van der Waals surface area contributed by atoms with Gasteiger partial charge in [-0.2, -0.15) is 0 Å². The van der Waals surface area contributed by atoms with Crippen molar-refractivity contribution in [2.24, 2.45) is 0 Å². The maximum absolute atomic E-state index is 10.8. The zero-order valence-corrected chi connectivity index (χ0v) is 5.74. The van der Waals surface area contributed by atoms with Crippen LogP contribution in [0.5, 0.6) is 0 Å². The van der Waals surface area contributed by atoms with Crippen LogP contribution in [0.15, 0.2) is 36.1 Å². The highest BCUT2D eigenvalue weighted by molar-refractivity contribution is 5.35. The summed E-state index contributed by atoms with van der Waals surface area (Å²) in [6.07, 6.45) is 6.19. The largest absolute Gasteiger partial charge is 0.624 e. The third kappa shape index (κ3) is 1.13. The van der Waals surface area contributed by atoms with Crippen molar-refractivity contribution in [1.29, 1.82) is 0 Å². The Balaban J connectivity index is 2.31. The Bertz CT molecular complexity index is 254. The number of allylic oxidation sites excluding steroid dienone is 1. The highest BCUT2D eigenvalue weighted by Crippen LogP contribution is 2.17. The summed E-state index contributed by atoms with van der Waals surface area (Å²) in [5.41, 5.74) is 0.816. The van der Waals surface area contributed by atoms with Crippen LogP contribution in [0, 0.1) is 5.21 Å². The van der Waals surface area contributed by atoms with Gasteiger partial charge in [-0.05, 0) is 0 Å². The molecule has 0 fully saturated rings. The SMILES string of the molecule is [O-][NH+]1C=CC2=COCOC2=C1. The zero-order valence-electron chi connectivity index (χ0n) is 5.74. The molecule has 1 N–H and O–H groups in total. The number of quaternary nitrogens is 1. The van der Waals surface area contributed by atoms with Crippen LogP contribution in [0.4, 0.5) is 0 Å². The third-order valence-electron chi connectivity index (χ3n) is 1.48. The maximum atomic E-state index is 10.8. The Morgan fingerprint density at radius 3 is 3.36 bits per heavy atom. The molecule has 0 aromatic heterocycles. The highest BCUT2D eigenvalue weighted by atomic mass is 16.7. The summed E-state index contributed by atoms with van der Waals surface area (Å²) in [7, 11) is 0. The number of nitrogens with one attached hydrogen (secondary N) is 1. The molecule has 1 unspecified atom stereocenters. The van der Waals surface area contributed by atoms with E-state index in [1.165, 1.54) is 12.4 Å². The second-order valence-corrected chi connectivity index (χ2v) is 2.25. The Labute approximate surface area is 63.6 Å². The molecule has 58 valence electrons. The average Bonchev–Trinajstić information content (AvgIpc) is 2.04. The molecule has 2 heterocycles. The minimum Gasteiger partial charge on any atom is -0.624 e. The molecule has 0 aliphatic carbocycles. The second kappa shape index (κ2) is 2.41. The molecule has 0 saturated carbocycles. The van der Waals surface area contributed by atoms with Gasteiger partial charge in [0, 0.05) is 6.08 Å². The molecule has 0 spiro atoms. The van der Waals surface area contributed by atoms with E-state index in [0.29, 0.717) is 5.76 Å². The first kappa shape index (κ1) is 6.45. The molecule has 2 rings (SSSR count). The van der Waals surface area contributed by atoms with Gasteiger partial charge in [-0.15, -0.1) is 0 Å². The molecular weight excluding hydrogens is 146 g/mol. The van der Waals surface area contributed by atoms with E-state index >= 15 is 0 Å². The highest BCUT2D eigenvalue weighted by Gasteiger charge is 2.15. The first-order valence-corrected chi connectivity index (χ1v) is 3.25. The van der Waals surface area contributed by atoms with Gasteiger partial charge in [0.25, 0.3) is 0 Å². The predicted octanol–water partition coefficient (Wildman–Crippen LogP) is -0.374. The van der Waals surface area contributed by atoms with Crippen LogP contribution >= 0.6 is 0 Å². The number of ether oxygens (including phenoxy) is 2.